The van der Waals surface area contributed by atoms with Gasteiger partial charge in [-0.2, -0.15) is 13.2 Å². The van der Waals surface area contributed by atoms with Crippen LogP contribution < -0.4 is 0 Å². The first-order valence-corrected chi connectivity index (χ1v) is 4.61. The molecule has 0 heterocycles. The summed E-state index contributed by atoms with van der Waals surface area (Å²) in [5, 5.41) is 0. The second-order valence-electron chi connectivity index (χ2n) is 3.26. The van der Waals surface area contributed by atoms with Crippen LogP contribution in [0.5, 0.6) is 0 Å². The van der Waals surface area contributed by atoms with Crippen LogP contribution in [0.1, 0.15) is 23.6 Å². The molecule has 0 aliphatic heterocycles. The van der Waals surface area contributed by atoms with Crippen LogP contribution in [0.2, 0.25) is 0 Å². The van der Waals surface area contributed by atoms with Gasteiger partial charge in [-0.15, -0.1) is 0 Å². The summed E-state index contributed by atoms with van der Waals surface area (Å²) in [5.74, 6) is 0. The topological polar surface area (TPSA) is 17.1 Å². The lowest BCUT2D eigenvalue weighted by molar-refractivity contribution is -0.137. The monoisotopic (exact) mass is 216 g/mol. The summed E-state index contributed by atoms with van der Waals surface area (Å²) in [7, 11) is 0. The van der Waals surface area contributed by atoms with E-state index in [0.717, 1.165) is 12.1 Å². The average Bonchev–Trinajstić information content (AvgIpc) is 2.16. The summed E-state index contributed by atoms with van der Waals surface area (Å²) >= 11 is 0. The van der Waals surface area contributed by atoms with Gasteiger partial charge in [0.1, 0.15) is 6.29 Å². The number of rotatable bonds is 3. The molecule has 82 valence electrons. The quantitative estimate of drug-likeness (QED) is 0.710. The minimum absolute atomic E-state index is 0.0247. The van der Waals surface area contributed by atoms with E-state index in [2.05, 4.69) is 0 Å². The Kier molecular flexibility index (Phi) is 3.50. The number of carbonyl (C=O) groups excluding carboxylic acids is 1. The lowest BCUT2D eigenvalue weighted by Gasteiger charge is -2.10. The van der Waals surface area contributed by atoms with Crippen molar-refractivity contribution in [1.82, 2.24) is 0 Å². The van der Waals surface area contributed by atoms with Crippen molar-refractivity contribution in [3.63, 3.8) is 0 Å². The summed E-state index contributed by atoms with van der Waals surface area (Å²) < 4.78 is 37.3. The Balaban J connectivity index is 3.17. The van der Waals surface area contributed by atoms with Gasteiger partial charge in [-0.25, -0.2) is 0 Å². The van der Waals surface area contributed by atoms with Crippen molar-refractivity contribution in [2.24, 2.45) is 0 Å². The molecule has 0 N–H and O–H groups in total. The molecule has 0 saturated heterocycles. The predicted octanol–water partition coefficient (Wildman–Crippen LogP) is 3.01. The van der Waals surface area contributed by atoms with E-state index < -0.39 is 11.7 Å². The van der Waals surface area contributed by atoms with E-state index in [0.29, 0.717) is 23.8 Å². The van der Waals surface area contributed by atoms with Crippen molar-refractivity contribution in [1.29, 1.82) is 0 Å². The molecule has 0 unspecified atom stereocenters. The molecule has 1 rings (SSSR count). The first-order chi connectivity index (χ1) is 6.97. The van der Waals surface area contributed by atoms with Crippen LogP contribution in [-0.2, 0) is 23.8 Å². The number of alkyl halides is 3. The van der Waals surface area contributed by atoms with Crippen molar-refractivity contribution in [3.8, 4) is 0 Å². The maximum atomic E-state index is 12.4. The van der Waals surface area contributed by atoms with E-state index in [1.54, 1.807) is 13.0 Å². The van der Waals surface area contributed by atoms with E-state index >= 15 is 0 Å². The molecule has 0 fully saturated rings. The smallest absolute Gasteiger partial charge is 0.303 e. The Hall–Kier alpha value is -1.32. The number of hydrogen-bond donors (Lipinski definition) is 0. The fourth-order valence-electron chi connectivity index (χ4n) is 1.34. The van der Waals surface area contributed by atoms with Crippen LogP contribution >= 0.6 is 0 Å². The molecule has 0 spiro atoms. The van der Waals surface area contributed by atoms with Crippen molar-refractivity contribution in [3.05, 3.63) is 34.9 Å². The minimum Gasteiger partial charge on any atom is -0.303 e. The van der Waals surface area contributed by atoms with Crippen LogP contribution in [0.3, 0.4) is 0 Å². The zero-order valence-electron chi connectivity index (χ0n) is 8.27. The predicted molar refractivity (Wildman–Crippen MR) is 50.6 cm³/mol. The molecule has 0 atom stereocenters. The largest absolute Gasteiger partial charge is 0.416 e. The van der Waals surface area contributed by atoms with Crippen LogP contribution in [0, 0.1) is 0 Å². The number of benzene rings is 1. The van der Waals surface area contributed by atoms with Crippen molar-refractivity contribution < 1.29 is 18.0 Å². The fourth-order valence-corrected chi connectivity index (χ4v) is 1.34. The standard InChI is InChI=1S/C11H11F3O/c1-2-8-5-9(3-4-15)7-10(6-8)11(12,13)14/h4-7H,2-3H2,1H3. The van der Waals surface area contributed by atoms with Gasteiger partial charge in [-0.05, 0) is 29.7 Å². The highest BCUT2D eigenvalue weighted by Gasteiger charge is 2.30. The molecular weight excluding hydrogens is 205 g/mol. The Morgan fingerprint density at radius 1 is 1.20 bits per heavy atom. The molecule has 0 amide bonds. The zero-order valence-corrected chi connectivity index (χ0v) is 8.27. The number of halogens is 3. The van der Waals surface area contributed by atoms with Gasteiger partial charge < -0.3 is 4.79 Å². The second kappa shape index (κ2) is 4.47. The Morgan fingerprint density at radius 3 is 2.27 bits per heavy atom. The Bertz CT molecular complexity index is 355. The van der Waals surface area contributed by atoms with Gasteiger partial charge in [0.15, 0.2) is 0 Å². The molecule has 0 aliphatic carbocycles. The zero-order chi connectivity index (χ0) is 11.5. The highest BCUT2D eigenvalue weighted by atomic mass is 19.4. The molecule has 0 bridgehead atoms. The van der Waals surface area contributed by atoms with Crippen LogP contribution in [0.15, 0.2) is 18.2 Å². The van der Waals surface area contributed by atoms with Gasteiger partial charge >= 0.3 is 6.18 Å². The van der Waals surface area contributed by atoms with E-state index in [-0.39, 0.29) is 6.42 Å². The second-order valence-corrected chi connectivity index (χ2v) is 3.26. The molecular formula is C11H11F3O. The molecule has 4 heteroatoms. The number of aryl methyl sites for hydroxylation is 1. The molecule has 0 saturated carbocycles. The summed E-state index contributed by atoms with van der Waals surface area (Å²) in [6.07, 6.45) is -3.19. The van der Waals surface area contributed by atoms with Gasteiger partial charge in [0.05, 0.1) is 5.56 Å². The summed E-state index contributed by atoms with van der Waals surface area (Å²) in [6, 6.07) is 3.77. The highest BCUT2D eigenvalue weighted by molar-refractivity contribution is 5.55. The Labute approximate surface area is 85.9 Å². The van der Waals surface area contributed by atoms with Crippen molar-refractivity contribution >= 4 is 6.29 Å². The number of aldehydes is 1. The summed E-state index contributed by atoms with van der Waals surface area (Å²) in [5.41, 5.74) is 0.331. The van der Waals surface area contributed by atoms with E-state index in [9.17, 15) is 18.0 Å². The lowest BCUT2D eigenvalue weighted by Crippen LogP contribution is -2.07. The molecule has 0 aliphatic rings. The van der Waals surface area contributed by atoms with Gasteiger partial charge in [0.2, 0.25) is 0 Å². The molecule has 1 aromatic carbocycles. The van der Waals surface area contributed by atoms with Crippen LogP contribution in [-0.4, -0.2) is 6.29 Å². The highest BCUT2D eigenvalue weighted by Crippen LogP contribution is 2.30. The van der Waals surface area contributed by atoms with Crippen molar-refractivity contribution in [2.45, 2.75) is 25.9 Å². The third-order valence-corrected chi connectivity index (χ3v) is 2.11. The van der Waals surface area contributed by atoms with E-state index in [1.165, 1.54) is 0 Å². The first kappa shape index (κ1) is 11.8. The van der Waals surface area contributed by atoms with Crippen molar-refractivity contribution in [2.75, 3.05) is 0 Å². The summed E-state index contributed by atoms with van der Waals surface area (Å²) in [6.45, 7) is 1.78. The molecule has 15 heavy (non-hydrogen) atoms. The molecule has 0 radical (unpaired) electrons. The Morgan fingerprint density at radius 2 is 1.80 bits per heavy atom. The maximum absolute atomic E-state index is 12.4. The van der Waals surface area contributed by atoms with Crippen LogP contribution in [0.25, 0.3) is 0 Å². The number of hydrogen-bond acceptors (Lipinski definition) is 1. The van der Waals surface area contributed by atoms with E-state index in [4.69, 9.17) is 0 Å². The lowest BCUT2D eigenvalue weighted by atomic mass is 10.0. The number of carbonyl (C=O) groups is 1. The summed E-state index contributed by atoms with van der Waals surface area (Å²) in [4.78, 5) is 10.3. The maximum Gasteiger partial charge on any atom is 0.416 e. The normalized spacial score (nSPS) is 11.5. The van der Waals surface area contributed by atoms with Gasteiger partial charge in [-0.1, -0.05) is 13.0 Å². The molecule has 1 nitrogen and oxygen atoms in total. The van der Waals surface area contributed by atoms with Gasteiger partial charge in [0.25, 0.3) is 0 Å². The third-order valence-electron chi connectivity index (χ3n) is 2.11. The fraction of sp³-hybridized carbons (Fsp3) is 0.364. The third kappa shape index (κ3) is 3.08. The molecule has 1 aromatic rings. The van der Waals surface area contributed by atoms with E-state index in [1.807, 2.05) is 0 Å². The van der Waals surface area contributed by atoms with Gasteiger partial charge in [0, 0.05) is 6.42 Å². The first-order valence-electron chi connectivity index (χ1n) is 4.61. The van der Waals surface area contributed by atoms with Crippen LogP contribution in [0.4, 0.5) is 13.2 Å². The SMILES string of the molecule is CCc1cc(CC=O)cc(C(F)(F)F)c1. The van der Waals surface area contributed by atoms with Gasteiger partial charge in [-0.3, -0.25) is 0 Å². The molecule has 0 aromatic heterocycles. The average molecular weight is 216 g/mol. The minimum atomic E-state index is -4.34.